The zero-order valence-corrected chi connectivity index (χ0v) is 19.0. The molecular formula is C23H23N3O3S2. The first-order chi connectivity index (χ1) is 15.0. The van der Waals surface area contributed by atoms with Gasteiger partial charge in [0, 0.05) is 22.8 Å². The Labute approximate surface area is 189 Å². The predicted octanol–water partition coefficient (Wildman–Crippen LogP) is 4.40. The van der Waals surface area contributed by atoms with Crippen molar-refractivity contribution in [2.24, 2.45) is 0 Å². The number of carbonyl (C=O) groups is 2. The minimum Gasteiger partial charge on any atom is -0.497 e. The third-order valence-electron chi connectivity index (χ3n) is 5.04. The van der Waals surface area contributed by atoms with E-state index in [0.29, 0.717) is 0 Å². The number of nitrogens with one attached hydrogen (secondary N) is 1. The van der Waals surface area contributed by atoms with E-state index in [-0.39, 0.29) is 30.0 Å². The van der Waals surface area contributed by atoms with Crippen LogP contribution in [0, 0.1) is 0 Å². The number of methoxy groups -OCH3 is 1. The molecule has 2 heterocycles. The van der Waals surface area contributed by atoms with Gasteiger partial charge in [0.15, 0.2) is 4.34 Å². The monoisotopic (exact) mass is 453 g/mol. The standard InChI is InChI=1S/C23H23N3O3S2/c1-15-11-16-5-3-4-6-20(16)26(15)22(28)12-18-13-30-23(25-18)31-14-21(27)24-17-7-9-19(29-2)10-8-17/h3-10,13,15H,11-12,14H2,1-2H3,(H,24,27)/t15-/m1/s1. The van der Waals surface area contributed by atoms with Crippen molar-refractivity contribution in [1.82, 2.24) is 4.98 Å². The second-order valence-corrected chi connectivity index (χ2v) is 9.37. The number of ether oxygens (including phenoxy) is 1. The average molecular weight is 454 g/mol. The summed E-state index contributed by atoms with van der Waals surface area (Å²) in [4.78, 5) is 31.5. The number of hydrogen-bond acceptors (Lipinski definition) is 6. The number of aromatic nitrogens is 1. The molecule has 0 bridgehead atoms. The number of anilines is 2. The minimum atomic E-state index is -0.106. The van der Waals surface area contributed by atoms with Crippen LogP contribution >= 0.6 is 23.1 Å². The molecule has 2 aromatic carbocycles. The number of benzene rings is 2. The van der Waals surface area contributed by atoms with Crippen LogP contribution in [0.2, 0.25) is 0 Å². The van der Waals surface area contributed by atoms with Crippen LogP contribution in [0.25, 0.3) is 0 Å². The smallest absolute Gasteiger partial charge is 0.234 e. The molecule has 1 aliphatic heterocycles. The van der Waals surface area contributed by atoms with E-state index in [9.17, 15) is 9.59 Å². The number of rotatable bonds is 7. The maximum absolute atomic E-state index is 12.9. The van der Waals surface area contributed by atoms with Crippen LogP contribution in [0.4, 0.5) is 11.4 Å². The summed E-state index contributed by atoms with van der Waals surface area (Å²) in [6.07, 6.45) is 1.14. The first-order valence-electron chi connectivity index (χ1n) is 9.94. The summed E-state index contributed by atoms with van der Waals surface area (Å²) in [6.45, 7) is 2.07. The van der Waals surface area contributed by atoms with Crippen LogP contribution in [0.15, 0.2) is 58.3 Å². The van der Waals surface area contributed by atoms with Crippen molar-refractivity contribution in [1.29, 1.82) is 0 Å². The summed E-state index contributed by atoms with van der Waals surface area (Å²) >= 11 is 2.83. The van der Waals surface area contributed by atoms with E-state index in [1.807, 2.05) is 28.5 Å². The maximum atomic E-state index is 12.9. The second-order valence-electron chi connectivity index (χ2n) is 7.29. The van der Waals surface area contributed by atoms with Gasteiger partial charge >= 0.3 is 0 Å². The molecule has 0 saturated heterocycles. The van der Waals surface area contributed by atoms with Gasteiger partial charge in [-0.15, -0.1) is 11.3 Å². The van der Waals surface area contributed by atoms with Crippen LogP contribution in [0.3, 0.4) is 0 Å². The van der Waals surface area contributed by atoms with Gasteiger partial charge in [-0.05, 0) is 49.2 Å². The molecule has 31 heavy (non-hydrogen) atoms. The molecule has 0 spiro atoms. The topological polar surface area (TPSA) is 71.5 Å². The number of nitrogens with zero attached hydrogens (tertiary/aromatic N) is 2. The van der Waals surface area contributed by atoms with Crippen LogP contribution in [0.1, 0.15) is 18.2 Å². The number of thioether (sulfide) groups is 1. The van der Waals surface area contributed by atoms with E-state index in [4.69, 9.17) is 4.74 Å². The fourth-order valence-corrected chi connectivity index (χ4v) is 5.26. The lowest BCUT2D eigenvalue weighted by Gasteiger charge is -2.22. The summed E-state index contributed by atoms with van der Waals surface area (Å²) in [5.41, 5.74) is 3.67. The van der Waals surface area contributed by atoms with E-state index in [2.05, 4.69) is 23.3 Å². The highest BCUT2D eigenvalue weighted by Crippen LogP contribution is 2.32. The number of para-hydroxylation sites is 1. The molecule has 1 aliphatic rings. The molecule has 1 N–H and O–H groups in total. The molecule has 0 fully saturated rings. The molecule has 0 saturated carbocycles. The molecule has 0 unspecified atom stereocenters. The largest absolute Gasteiger partial charge is 0.497 e. The van der Waals surface area contributed by atoms with Gasteiger partial charge in [-0.25, -0.2) is 4.98 Å². The number of fused-ring (bicyclic) bond motifs is 1. The average Bonchev–Trinajstić information content (AvgIpc) is 3.35. The van der Waals surface area contributed by atoms with Gasteiger partial charge in [-0.2, -0.15) is 0 Å². The SMILES string of the molecule is COc1ccc(NC(=O)CSc2nc(CC(=O)N3c4ccccc4C[C@H]3C)cs2)cc1. The highest BCUT2D eigenvalue weighted by molar-refractivity contribution is 8.01. The quantitative estimate of drug-likeness (QED) is 0.537. The molecule has 8 heteroatoms. The zero-order chi connectivity index (χ0) is 21.8. The molecule has 6 nitrogen and oxygen atoms in total. The summed E-state index contributed by atoms with van der Waals surface area (Å²) in [6, 6.07) is 15.4. The van der Waals surface area contributed by atoms with Crippen molar-refractivity contribution in [3.05, 3.63) is 65.2 Å². The third-order valence-corrected chi connectivity index (χ3v) is 7.11. The van der Waals surface area contributed by atoms with Crippen molar-refractivity contribution < 1.29 is 14.3 Å². The van der Waals surface area contributed by atoms with Gasteiger partial charge in [-0.1, -0.05) is 30.0 Å². The molecule has 1 aromatic heterocycles. The Morgan fingerprint density at radius 2 is 2.00 bits per heavy atom. The molecule has 4 rings (SSSR count). The Balaban J connectivity index is 1.30. The molecule has 0 radical (unpaired) electrons. The molecular weight excluding hydrogens is 430 g/mol. The summed E-state index contributed by atoms with van der Waals surface area (Å²) in [7, 11) is 1.60. The van der Waals surface area contributed by atoms with Crippen molar-refractivity contribution in [3.63, 3.8) is 0 Å². The first-order valence-corrected chi connectivity index (χ1v) is 11.8. The Hall–Kier alpha value is -2.84. The van der Waals surface area contributed by atoms with E-state index >= 15 is 0 Å². The first kappa shape index (κ1) is 21.4. The second kappa shape index (κ2) is 9.53. The van der Waals surface area contributed by atoms with Gasteiger partial charge in [-0.3, -0.25) is 9.59 Å². The highest BCUT2D eigenvalue weighted by atomic mass is 32.2. The van der Waals surface area contributed by atoms with E-state index in [1.54, 1.807) is 31.4 Å². The highest BCUT2D eigenvalue weighted by Gasteiger charge is 2.30. The maximum Gasteiger partial charge on any atom is 0.234 e. The van der Waals surface area contributed by atoms with Crippen molar-refractivity contribution in [2.75, 3.05) is 23.1 Å². The normalized spacial score (nSPS) is 14.9. The fourth-order valence-electron chi connectivity index (χ4n) is 3.62. The lowest BCUT2D eigenvalue weighted by Crippen LogP contribution is -2.36. The number of carbonyl (C=O) groups excluding carboxylic acids is 2. The summed E-state index contributed by atoms with van der Waals surface area (Å²) in [5, 5.41) is 4.75. The Kier molecular flexibility index (Phi) is 6.58. The van der Waals surface area contributed by atoms with Crippen molar-refractivity contribution in [2.45, 2.75) is 30.1 Å². The molecule has 3 aromatic rings. The molecule has 1 atom stereocenters. The van der Waals surface area contributed by atoms with Gasteiger partial charge in [0.1, 0.15) is 5.75 Å². The van der Waals surface area contributed by atoms with Crippen molar-refractivity contribution in [3.8, 4) is 5.75 Å². The Morgan fingerprint density at radius 3 is 2.77 bits per heavy atom. The van der Waals surface area contributed by atoms with E-state index in [1.165, 1.54) is 28.7 Å². The minimum absolute atomic E-state index is 0.0524. The summed E-state index contributed by atoms with van der Waals surface area (Å²) in [5.74, 6) is 0.940. The van der Waals surface area contributed by atoms with E-state index < -0.39 is 0 Å². The van der Waals surface area contributed by atoms with Gasteiger partial charge in [0.05, 0.1) is 25.0 Å². The Bertz CT molecular complexity index is 1080. The van der Waals surface area contributed by atoms with Gasteiger partial charge in [0.2, 0.25) is 11.8 Å². The molecule has 160 valence electrons. The van der Waals surface area contributed by atoms with Gasteiger partial charge in [0.25, 0.3) is 0 Å². The lowest BCUT2D eigenvalue weighted by molar-refractivity contribution is -0.118. The number of thiazole rings is 1. The van der Waals surface area contributed by atoms with Crippen LogP contribution in [0.5, 0.6) is 5.75 Å². The third kappa shape index (κ3) is 5.08. The van der Waals surface area contributed by atoms with E-state index in [0.717, 1.165) is 33.6 Å². The van der Waals surface area contributed by atoms with Crippen molar-refractivity contribution >= 4 is 46.3 Å². The van der Waals surface area contributed by atoms with Crippen LogP contribution < -0.4 is 15.0 Å². The van der Waals surface area contributed by atoms with Crippen LogP contribution in [-0.2, 0) is 22.4 Å². The summed E-state index contributed by atoms with van der Waals surface area (Å²) < 4.78 is 5.89. The molecule has 0 aliphatic carbocycles. The predicted molar refractivity (Wildman–Crippen MR) is 125 cm³/mol. The number of amides is 2. The lowest BCUT2D eigenvalue weighted by atomic mass is 10.1. The van der Waals surface area contributed by atoms with Gasteiger partial charge < -0.3 is 15.0 Å². The fraction of sp³-hybridized carbons (Fsp3) is 0.261. The zero-order valence-electron chi connectivity index (χ0n) is 17.3. The Morgan fingerprint density at radius 1 is 1.23 bits per heavy atom. The number of hydrogen-bond donors (Lipinski definition) is 1. The van der Waals surface area contributed by atoms with Crippen LogP contribution in [-0.4, -0.2) is 35.7 Å². The molecule has 2 amide bonds.